The standard InChI is InChI=1S/C8H15N3O4/c1-5(3-6(12)13)15-7(14)4-11(2)8(9)10/h5H,3-4H2,1-2H3,(H3,9,10)(H,12,13). The first-order chi connectivity index (χ1) is 6.82. The average Bonchev–Trinajstić information content (AvgIpc) is 2.00. The molecular weight excluding hydrogens is 202 g/mol. The van der Waals surface area contributed by atoms with Gasteiger partial charge in [-0.2, -0.15) is 0 Å². The van der Waals surface area contributed by atoms with Crippen molar-refractivity contribution in [1.29, 1.82) is 5.41 Å². The van der Waals surface area contributed by atoms with Crippen LogP contribution >= 0.6 is 0 Å². The summed E-state index contributed by atoms with van der Waals surface area (Å²) in [5.41, 5.74) is 5.10. The van der Waals surface area contributed by atoms with Crippen molar-refractivity contribution in [3.63, 3.8) is 0 Å². The molecule has 0 fully saturated rings. The van der Waals surface area contributed by atoms with E-state index >= 15 is 0 Å². The van der Waals surface area contributed by atoms with Crippen LogP contribution in [0.4, 0.5) is 0 Å². The molecule has 0 saturated carbocycles. The number of nitrogens with zero attached hydrogens (tertiary/aromatic N) is 1. The Labute approximate surface area is 87.3 Å². The Hall–Kier alpha value is -1.79. The van der Waals surface area contributed by atoms with Gasteiger partial charge in [0.15, 0.2) is 5.96 Å². The van der Waals surface area contributed by atoms with Crippen molar-refractivity contribution in [3.8, 4) is 0 Å². The number of carboxylic acid groups (broad SMARTS) is 1. The summed E-state index contributed by atoms with van der Waals surface area (Å²) in [6.07, 6.45) is -0.925. The normalized spacial score (nSPS) is 11.6. The van der Waals surface area contributed by atoms with E-state index in [1.54, 1.807) is 0 Å². The maximum Gasteiger partial charge on any atom is 0.325 e. The number of ether oxygens (including phenoxy) is 1. The lowest BCUT2D eigenvalue weighted by atomic mass is 10.3. The zero-order valence-corrected chi connectivity index (χ0v) is 8.69. The third-order valence-corrected chi connectivity index (χ3v) is 1.57. The van der Waals surface area contributed by atoms with E-state index < -0.39 is 18.0 Å². The van der Waals surface area contributed by atoms with Gasteiger partial charge in [-0.05, 0) is 6.92 Å². The molecule has 7 nitrogen and oxygen atoms in total. The molecule has 0 aromatic rings. The van der Waals surface area contributed by atoms with E-state index in [1.165, 1.54) is 18.9 Å². The molecular formula is C8H15N3O4. The third kappa shape index (κ3) is 6.30. The second-order valence-corrected chi connectivity index (χ2v) is 3.14. The number of hydrogen-bond acceptors (Lipinski definition) is 4. The van der Waals surface area contributed by atoms with Crippen molar-refractivity contribution < 1.29 is 19.4 Å². The van der Waals surface area contributed by atoms with Crippen LogP contribution in [0.2, 0.25) is 0 Å². The van der Waals surface area contributed by atoms with E-state index in [0.29, 0.717) is 0 Å². The van der Waals surface area contributed by atoms with Gasteiger partial charge in [-0.1, -0.05) is 0 Å². The molecule has 0 aliphatic carbocycles. The van der Waals surface area contributed by atoms with Crippen LogP contribution in [0.25, 0.3) is 0 Å². The van der Waals surface area contributed by atoms with Crippen LogP contribution in [0.3, 0.4) is 0 Å². The SMILES string of the molecule is CC(CC(=O)O)OC(=O)CN(C)C(=N)N. The molecule has 0 spiro atoms. The van der Waals surface area contributed by atoms with E-state index in [4.69, 9.17) is 21.0 Å². The molecule has 0 rings (SSSR count). The molecule has 0 aromatic carbocycles. The fraction of sp³-hybridized carbons (Fsp3) is 0.625. The highest BCUT2D eigenvalue weighted by Gasteiger charge is 2.14. The second-order valence-electron chi connectivity index (χ2n) is 3.14. The predicted octanol–water partition coefficient (Wildman–Crippen LogP) is -0.782. The summed E-state index contributed by atoms with van der Waals surface area (Å²) >= 11 is 0. The number of nitrogens with two attached hydrogens (primary N) is 1. The molecule has 0 heterocycles. The monoisotopic (exact) mass is 217 g/mol. The number of carbonyl (C=O) groups excluding carboxylic acids is 1. The molecule has 0 aliphatic rings. The lowest BCUT2D eigenvalue weighted by Gasteiger charge is -2.17. The smallest absolute Gasteiger partial charge is 0.325 e. The Morgan fingerprint density at radius 2 is 2.13 bits per heavy atom. The van der Waals surface area contributed by atoms with Crippen LogP contribution in [0.5, 0.6) is 0 Å². The number of aliphatic carboxylic acids is 1. The molecule has 0 radical (unpaired) electrons. The second kappa shape index (κ2) is 5.84. The number of carboxylic acids is 1. The van der Waals surface area contributed by atoms with Gasteiger partial charge in [0.25, 0.3) is 0 Å². The zero-order valence-electron chi connectivity index (χ0n) is 8.69. The number of hydrogen-bond donors (Lipinski definition) is 3. The van der Waals surface area contributed by atoms with Crippen molar-refractivity contribution in [2.75, 3.05) is 13.6 Å². The van der Waals surface area contributed by atoms with Crippen molar-refractivity contribution in [1.82, 2.24) is 4.90 Å². The molecule has 86 valence electrons. The summed E-state index contributed by atoms with van der Waals surface area (Å²) in [6, 6.07) is 0. The third-order valence-electron chi connectivity index (χ3n) is 1.57. The van der Waals surface area contributed by atoms with Crippen LogP contribution in [0.15, 0.2) is 0 Å². The molecule has 1 unspecified atom stereocenters. The summed E-state index contributed by atoms with van der Waals surface area (Å²) in [5, 5.41) is 15.4. The van der Waals surface area contributed by atoms with Gasteiger partial charge in [-0.3, -0.25) is 15.0 Å². The van der Waals surface area contributed by atoms with Crippen molar-refractivity contribution in [2.45, 2.75) is 19.4 Å². The Morgan fingerprint density at radius 3 is 2.53 bits per heavy atom. The summed E-state index contributed by atoms with van der Waals surface area (Å²) < 4.78 is 4.77. The van der Waals surface area contributed by atoms with Crippen LogP contribution in [-0.2, 0) is 14.3 Å². The minimum atomic E-state index is -1.03. The molecule has 0 bridgehead atoms. The number of esters is 1. The molecule has 0 amide bonds. The molecule has 7 heteroatoms. The summed E-state index contributed by atoms with van der Waals surface area (Å²) in [6.45, 7) is 1.32. The van der Waals surface area contributed by atoms with Gasteiger partial charge in [-0.15, -0.1) is 0 Å². The van der Waals surface area contributed by atoms with Crippen LogP contribution < -0.4 is 5.73 Å². The van der Waals surface area contributed by atoms with Gasteiger partial charge in [0.05, 0.1) is 6.42 Å². The van der Waals surface area contributed by atoms with Gasteiger partial charge in [0.2, 0.25) is 0 Å². The van der Waals surface area contributed by atoms with Crippen molar-refractivity contribution >= 4 is 17.9 Å². The highest BCUT2D eigenvalue weighted by molar-refractivity contribution is 5.81. The van der Waals surface area contributed by atoms with Crippen molar-refractivity contribution in [3.05, 3.63) is 0 Å². The fourth-order valence-corrected chi connectivity index (χ4v) is 0.828. The van der Waals surface area contributed by atoms with Crippen molar-refractivity contribution in [2.24, 2.45) is 5.73 Å². The van der Waals surface area contributed by atoms with E-state index in [0.717, 1.165) is 0 Å². The minimum absolute atomic E-state index is 0.167. The summed E-state index contributed by atoms with van der Waals surface area (Å²) in [5.74, 6) is -1.89. The Kier molecular flexibility index (Phi) is 5.14. The Bertz CT molecular complexity index is 267. The largest absolute Gasteiger partial charge is 0.481 e. The van der Waals surface area contributed by atoms with Gasteiger partial charge >= 0.3 is 11.9 Å². The summed E-state index contributed by atoms with van der Waals surface area (Å²) in [7, 11) is 1.46. The lowest BCUT2D eigenvalue weighted by molar-refractivity contribution is -0.151. The number of rotatable bonds is 5. The van der Waals surface area contributed by atoms with E-state index in [9.17, 15) is 9.59 Å². The zero-order chi connectivity index (χ0) is 12.0. The first kappa shape index (κ1) is 13.2. The number of likely N-dealkylation sites (N-methyl/N-ethyl adjacent to an activating group) is 1. The maximum atomic E-state index is 11.1. The van der Waals surface area contributed by atoms with Gasteiger partial charge in [0, 0.05) is 7.05 Å². The average molecular weight is 217 g/mol. The van der Waals surface area contributed by atoms with E-state index in [2.05, 4.69) is 0 Å². The van der Waals surface area contributed by atoms with Gasteiger partial charge in [-0.25, -0.2) is 0 Å². The van der Waals surface area contributed by atoms with E-state index in [-0.39, 0.29) is 18.9 Å². The predicted molar refractivity (Wildman–Crippen MR) is 52.4 cm³/mol. The van der Waals surface area contributed by atoms with Crippen LogP contribution in [0.1, 0.15) is 13.3 Å². The molecule has 0 aliphatic heterocycles. The topological polar surface area (TPSA) is 117 Å². The fourth-order valence-electron chi connectivity index (χ4n) is 0.828. The first-order valence-corrected chi connectivity index (χ1v) is 4.29. The van der Waals surface area contributed by atoms with Crippen LogP contribution in [0, 0.1) is 5.41 Å². The highest BCUT2D eigenvalue weighted by Crippen LogP contribution is 1.98. The summed E-state index contributed by atoms with van der Waals surface area (Å²) in [4.78, 5) is 22.6. The van der Waals surface area contributed by atoms with Gasteiger partial charge < -0.3 is 20.5 Å². The molecule has 0 saturated heterocycles. The highest BCUT2D eigenvalue weighted by atomic mass is 16.5. The molecule has 1 atom stereocenters. The lowest BCUT2D eigenvalue weighted by Crippen LogP contribution is -2.38. The Balaban J connectivity index is 3.93. The molecule has 0 aromatic heterocycles. The number of guanidine groups is 1. The first-order valence-electron chi connectivity index (χ1n) is 4.29. The molecule has 4 N–H and O–H groups in total. The van der Waals surface area contributed by atoms with E-state index in [1.807, 2.05) is 0 Å². The number of carbonyl (C=O) groups is 2. The minimum Gasteiger partial charge on any atom is -0.481 e. The van der Waals surface area contributed by atoms with Gasteiger partial charge in [0.1, 0.15) is 12.6 Å². The Morgan fingerprint density at radius 1 is 1.60 bits per heavy atom. The molecule has 15 heavy (non-hydrogen) atoms. The number of nitrogens with one attached hydrogen (secondary N) is 1. The van der Waals surface area contributed by atoms with Crippen LogP contribution in [-0.4, -0.2) is 47.6 Å². The quantitative estimate of drug-likeness (QED) is 0.316. The maximum absolute atomic E-state index is 11.1.